The van der Waals surface area contributed by atoms with Crippen LogP contribution in [0.25, 0.3) is 11.0 Å². The molecule has 0 saturated heterocycles. The maximum Gasteiger partial charge on any atom is 0.191 e. The molecule has 0 aliphatic carbocycles. The van der Waals surface area contributed by atoms with Crippen LogP contribution in [0.3, 0.4) is 0 Å². The molecular formula is C17H13Cl2N3OS. The molecule has 0 radical (unpaired) electrons. The summed E-state index contributed by atoms with van der Waals surface area (Å²) in [6.45, 7) is 1.83. The quantitative estimate of drug-likeness (QED) is 0.362. The highest BCUT2D eigenvalue weighted by molar-refractivity contribution is 7.80. The van der Waals surface area contributed by atoms with Crippen molar-refractivity contribution < 1.29 is 4.42 Å². The van der Waals surface area contributed by atoms with E-state index >= 15 is 0 Å². The molecule has 122 valence electrons. The molecular weight excluding hydrogens is 365 g/mol. The number of fused-ring (bicyclic) bond motifs is 1. The number of benzene rings is 2. The van der Waals surface area contributed by atoms with Gasteiger partial charge in [0.25, 0.3) is 0 Å². The molecule has 0 spiro atoms. The maximum atomic E-state index is 6.08. The zero-order valence-electron chi connectivity index (χ0n) is 12.6. The second-order valence-electron chi connectivity index (χ2n) is 5.04. The van der Waals surface area contributed by atoms with Crippen LogP contribution in [0.5, 0.6) is 0 Å². The molecule has 0 amide bonds. The summed E-state index contributed by atoms with van der Waals surface area (Å²) in [5.41, 5.74) is 4.86. The molecule has 2 aromatic carbocycles. The van der Waals surface area contributed by atoms with E-state index in [0.29, 0.717) is 32.3 Å². The average Bonchev–Trinajstić information content (AvgIpc) is 3.00. The Kier molecular flexibility index (Phi) is 5.04. The summed E-state index contributed by atoms with van der Waals surface area (Å²) < 4.78 is 5.74. The van der Waals surface area contributed by atoms with Gasteiger partial charge in [0.05, 0.1) is 10.7 Å². The van der Waals surface area contributed by atoms with Gasteiger partial charge in [-0.1, -0.05) is 41.4 Å². The van der Waals surface area contributed by atoms with Crippen LogP contribution in [0, 0.1) is 0 Å². The van der Waals surface area contributed by atoms with E-state index in [0.717, 1.165) is 11.0 Å². The highest BCUT2D eigenvalue weighted by Crippen LogP contribution is 2.25. The highest BCUT2D eigenvalue weighted by atomic mass is 35.5. The van der Waals surface area contributed by atoms with E-state index in [2.05, 4.69) is 15.8 Å². The summed E-state index contributed by atoms with van der Waals surface area (Å²) in [6, 6.07) is 14.8. The smallest absolute Gasteiger partial charge is 0.191 e. The van der Waals surface area contributed by atoms with Crippen molar-refractivity contribution in [2.75, 3.05) is 5.32 Å². The minimum atomic E-state index is 0.301. The maximum absolute atomic E-state index is 6.08. The van der Waals surface area contributed by atoms with Crippen molar-refractivity contribution in [3.05, 3.63) is 64.3 Å². The second kappa shape index (κ2) is 7.21. The third-order valence-corrected chi connectivity index (χ3v) is 4.04. The first-order valence-electron chi connectivity index (χ1n) is 7.08. The summed E-state index contributed by atoms with van der Waals surface area (Å²) in [6.07, 6.45) is 0. The van der Waals surface area contributed by atoms with Crippen molar-refractivity contribution in [2.24, 2.45) is 5.10 Å². The Bertz CT molecular complexity index is 903. The predicted molar refractivity (Wildman–Crippen MR) is 104 cm³/mol. The summed E-state index contributed by atoms with van der Waals surface area (Å²) >= 11 is 17.2. The summed E-state index contributed by atoms with van der Waals surface area (Å²) in [5, 5.41) is 9.58. The Hall–Kier alpha value is -2.08. The van der Waals surface area contributed by atoms with Crippen molar-refractivity contribution in [3.8, 4) is 0 Å². The predicted octanol–water partition coefficient (Wildman–Crippen LogP) is 5.45. The molecule has 0 unspecified atom stereocenters. The van der Waals surface area contributed by atoms with E-state index in [4.69, 9.17) is 39.8 Å². The summed E-state index contributed by atoms with van der Waals surface area (Å²) in [5.74, 6) is 0.673. The van der Waals surface area contributed by atoms with Gasteiger partial charge in [0.2, 0.25) is 0 Å². The van der Waals surface area contributed by atoms with Crippen LogP contribution >= 0.6 is 35.4 Å². The fourth-order valence-corrected chi connectivity index (χ4v) is 2.59. The van der Waals surface area contributed by atoms with E-state index < -0.39 is 0 Å². The average molecular weight is 378 g/mol. The monoisotopic (exact) mass is 377 g/mol. The summed E-state index contributed by atoms with van der Waals surface area (Å²) in [4.78, 5) is 0. The zero-order valence-corrected chi connectivity index (χ0v) is 15.0. The van der Waals surface area contributed by atoms with Crippen molar-refractivity contribution in [1.29, 1.82) is 0 Å². The van der Waals surface area contributed by atoms with Gasteiger partial charge in [-0.2, -0.15) is 5.10 Å². The van der Waals surface area contributed by atoms with Gasteiger partial charge < -0.3 is 9.73 Å². The van der Waals surface area contributed by atoms with Gasteiger partial charge in [-0.3, -0.25) is 5.43 Å². The van der Waals surface area contributed by atoms with Crippen LogP contribution in [-0.2, 0) is 0 Å². The Morgan fingerprint density at radius 3 is 2.71 bits per heavy atom. The van der Waals surface area contributed by atoms with Crippen LogP contribution in [0.4, 0.5) is 5.69 Å². The molecule has 0 fully saturated rings. The Morgan fingerprint density at radius 1 is 1.12 bits per heavy atom. The molecule has 0 atom stereocenters. The van der Waals surface area contributed by atoms with E-state index in [9.17, 15) is 0 Å². The number of anilines is 1. The molecule has 3 rings (SSSR count). The number of hydrazone groups is 1. The Morgan fingerprint density at radius 2 is 1.92 bits per heavy atom. The van der Waals surface area contributed by atoms with Crippen molar-refractivity contribution >= 4 is 62.9 Å². The highest BCUT2D eigenvalue weighted by Gasteiger charge is 2.07. The largest absolute Gasteiger partial charge is 0.455 e. The third-order valence-electron chi connectivity index (χ3n) is 3.28. The van der Waals surface area contributed by atoms with E-state index in [1.165, 1.54) is 0 Å². The fraction of sp³-hybridized carbons (Fsp3) is 0.0588. The number of rotatable bonds is 3. The molecule has 0 aliphatic heterocycles. The van der Waals surface area contributed by atoms with E-state index in [1.54, 1.807) is 18.2 Å². The first-order chi connectivity index (χ1) is 11.5. The molecule has 1 heterocycles. The van der Waals surface area contributed by atoms with Gasteiger partial charge in [0.15, 0.2) is 10.9 Å². The lowest BCUT2D eigenvalue weighted by molar-refractivity contribution is 0.603. The van der Waals surface area contributed by atoms with Crippen LogP contribution in [0.1, 0.15) is 12.7 Å². The van der Waals surface area contributed by atoms with E-state index in [-0.39, 0.29) is 0 Å². The normalized spacial score (nSPS) is 11.5. The number of nitrogens with zero attached hydrogens (tertiary/aromatic N) is 1. The first-order valence-corrected chi connectivity index (χ1v) is 8.24. The fourth-order valence-electron chi connectivity index (χ4n) is 2.09. The third kappa shape index (κ3) is 3.87. The van der Waals surface area contributed by atoms with Gasteiger partial charge in [-0.25, -0.2) is 0 Å². The lowest BCUT2D eigenvalue weighted by atomic mass is 10.2. The van der Waals surface area contributed by atoms with Crippen LogP contribution in [0.2, 0.25) is 10.0 Å². The van der Waals surface area contributed by atoms with Gasteiger partial charge in [0, 0.05) is 10.4 Å². The Balaban J connectivity index is 1.70. The molecule has 0 aliphatic rings. The second-order valence-corrected chi connectivity index (χ2v) is 6.29. The number of hydrogen-bond acceptors (Lipinski definition) is 3. The molecule has 0 saturated carbocycles. The number of thiocarbonyl (C=S) groups is 1. The summed E-state index contributed by atoms with van der Waals surface area (Å²) in [7, 11) is 0. The molecule has 4 nitrogen and oxygen atoms in total. The lowest BCUT2D eigenvalue weighted by Crippen LogP contribution is -2.25. The van der Waals surface area contributed by atoms with Gasteiger partial charge in [0.1, 0.15) is 11.3 Å². The minimum absolute atomic E-state index is 0.301. The van der Waals surface area contributed by atoms with Crippen molar-refractivity contribution in [1.82, 2.24) is 5.43 Å². The Labute approximate surface area is 154 Å². The number of para-hydroxylation sites is 1. The van der Waals surface area contributed by atoms with Crippen molar-refractivity contribution in [3.63, 3.8) is 0 Å². The molecule has 24 heavy (non-hydrogen) atoms. The topological polar surface area (TPSA) is 49.6 Å². The minimum Gasteiger partial charge on any atom is -0.455 e. The molecule has 7 heteroatoms. The number of furan rings is 1. The van der Waals surface area contributed by atoms with Crippen LogP contribution < -0.4 is 10.7 Å². The number of halogens is 2. The number of nitrogens with one attached hydrogen (secondary N) is 2. The van der Waals surface area contributed by atoms with E-state index in [1.807, 2.05) is 37.3 Å². The lowest BCUT2D eigenvalue weighted by Gasteiger charge is -2.09. The zero-order chi connectivity index (χ0) is 17.1. The molecule has 0 bridgehead atoms. The first kappa shape index (κ1) is 16.8. The van der Waals surface area contributed by atoms with Crippen LogP contribution in [-0.4, -0.2) is 10.8 Å². The van der Waals surface area contributed by atoms with Gasteiger partial charge in [-0.15, -0.1) is 0 Å². The standard InChI is InChI=1S/C17H13Cl2N3OS/c1-10(16-8-11-4-2-3-5-15(11)23-16)21-22-17(24)20-14-9-12(18)6-7-13(14)19/h2-9H,1H3,(H2,20,22,24)/b21-10+. The number of hydrogen-bond donors (Lipinski definition) is 2. The molecule has 3 aromatic rings. The van der Waals surface area contributed by atoms with Gasteiger partial charge in [-0.05, 0) is 49.5 Å². The van der Waals surface area contributed by atoms with Crippen LogP contribution in [0.15, 0.2) is 58.0 Å². The van der Waals surface area contributed by atoms with Gasteiger partial charge >= 0.3 is 0 Å². The molecule has 2 N–H and O–H groups in total. The molecule has 1 aromatic heterocycles. The SMILES string of the molecule is C/C(=N\NC(=S)Nc1cc(Cl)ccc1Cl)c1cc2ccccc2o1. The van der Waals surface area contributed by atoms with Crippen molar-refractivity contribution in [2.45, 2.75) is 6.92 Å².